The Morgan fingerprint density at radius 3 is 2.17 bits per heavy atom. The highest BCUT2D eigenvalue weighted by molar-refractivity contribution is 4.51. The molecule has 3 nitrogen and oxygen atoms in total. The number of hydrogen-bond donors (Lipinski definition) is 1. The summed E-state index contributed by atoms with van der Waals surface area (Å²) in [5.41, 5.74) is 0. The molecule has 1 N–H and O–H groups in total. The van der Waals surface area contributed by atoms with Crippen molar-refractivity contribution in [2.24, 2.45) is 0 Å². The summed E-state index contributed by atoms with van der Waals surface area (Å²) in [6.07, 6.45) is 0. The van der Waals surface area contributed by atoms with Crippen molar-refractivity contribution >= 4 is 0 Å². The summed E-state index contributed by atoms with van der Waals surface area (Å²) >= 11 is 0. The van der Waals surface area contributed by atoms with Gasteiger partial charge in [-0.25, -0.2) is 0 Å². The van der Waals surface area contributed by atoms with E-state index in [0.29, 0.717) is 0 Å². The minimum absolute atomic E-state index is 1.05. The van der Waals surface area contributed by atoms with E-state index in [1.165, 1.54) is 13.1 Å². The molecule has 0 aromatic rings. The van der Waals surface area contributed by atoms with Crippen LogP contribution in [0.4, 0.5) is 0 Å². The molecule has 0 spiro atoms. The van der Waals surface area contributed by atoms with Crippen molar-refractivity contribution in [1.82, 2.24) is 10.2 Å². The second-order valence-corrected chi connectivity index (χ2v) is 4.42. The molecule has 0 rings (SSSR count). The van der Waals surface area contributed by atoms with Crippen LogP contribution in [-0.4, -0.2) is 70.8 Å². The lowest BCUT2D eigenvalue weighted by molar-refractivity contribution is -0.869. The largest absolute Gasteiger partial charge is 0.330 e. The first kappa shape index (κ1) is 11.9. The molecule has 12 heavy (non-hydrogen) atoms. The highest BCUT2D eigenvalue weighted by Gasteiger charge is 2.07. The smallest absolute Gasteiger partial charge is 0.0909 e. The van der Waals surface area contributed by atoms with Crippen molar-refractivity contribution in [2.45, 2.75) is 0 Å². The Kier molecular flexibility index (Phi) is 5.46. The topological polar surface area (TPSA) is 15.3 Å². The molecular formula is C9H24N3+. The van der Waals surface area contributed by atoms with Crippen LogP contribution in [-0.2, 0) is 0 Å². The van der Waals surface area contributed by atoms with Gasteiger partial charge in [0, 0.05) is 19.6 Å². The van der Waals surface area contributed by atoms with Crippen molar-refractivity contribution in [2.75, 3.05) is 61.4 Å². The predicted molar refractivity (Wildman–Crippen MR) is 54.3 cm³/mol. The van der Waals surface area contributed by atoms with E-state index in [0.717, 1.165) is 17.6 Å². The lowest BCUT2D eigenvalue weighted by Crippen LogP contribution is -2.42. The highest BCUT2D eigenvalue weighted by Crippen LogP contribution is 1.90. The molecule has 0 amide bonds. The van der Waals surface area contributed by atoms with Crippen LogP contribution in [0.2, 0.25) is 0 Å². The molecule has 0 fully saturated rings. The summed E-state index contributed by atoms with van der Waals surface area (Å²) in [6, 6.07) is 0. The van der Waals surface area contributed by atoms with Crippen LogP contribution in [0.15, 0.2) is 0 Å². The summed E-state index contributed by atoms with van der Waals surface area (Å²) in [5, 5.41) is 3.15. The van der Waals surface area contributed by atoms with Gasteiger partial charge in [0.1, 0.15) is 0 Å². The molecule has 3 heteroatoms. The van der Waals surface area contributed by atoms with Gasteiger partial charge in [0.25, 0.3) is 0 Å². The summed E-state index contributed by atoms with van der Waals surface area (Å²) in [5.74, 6) is 0. The number of quaternary nitrogens is 1. The number of nitrogens with zero attached hydrogens (tertiary/aromatic N) is 2. The van der Waals surface area contributed by atoms with Crippen LogP contribution in [0, 0.1) is 0 Å². The van der Waals surface area contributed by atoms with E-state index in [9.17, 15) is 0 Å². The Labute approximate surface area is 76.9 Å². The molecule has 0 aromatic carbocycles. The van der Waals surface area contributed by atoms with Crippen LogP contribution >= 0.6 is 0 Å². The summed E-state index contributed by atoms with van der Waals surface area (Å²) in [7, 11) is 10.9. The van der Waals surface area contributed by atoms with E-state index in [2.05, 4.69) is 38.4 Å². The predicted octanol–water partition coefficient (Wildman–Crippen LogP) is -0.156. The van der Waals surface area contributed by atoms with E-state index >= 15 is 0 Å². The SMILES string of the molecule is CNCCN(C)CC[N+](C)(C)C. The standard InChI is InChI=1S/C9H24N3/c1-10-6-7-11(2)8-9-12(3,4)5/h10H,6-9H2,1-5H3/q+1. The van der Waals surface area contributed by atoms with Gasteiger partial charge in [0.2, 0.25) is 0 Å². The zero-order valence-corrected chi connectivity index (χ0v) is 9.22. The van der Waals surface area contributed by atoms with Crippen LogP contribution < -0.4 is 5.32 Å². The molecule has 0 unspecified atom stereocenters. The molecule has 0 aromatic heterocycles. The molecule has 0 atom stereocenters. The second kappa shape index (κ2) is 5.51. The fourth-order valence-electron chi connectivity index (χ4n) is 0.885. The minimum Gasteiger partial charge on any atom is -0.330 e. The molecule has 0 radical (unpaired) electrons. The maximum absolute atomic E-state index is 3.15. The van der Waals surface area contributed by atoms with Gasteiger partial charge in [-0.15, -0.1) is 0 Å². The zero-order valence-electron chi connectivity index (χ0n) is 9.22. The Morgan fingerprint density at radius 1 is 1.17 bits per heavy atom. The highest BCUT2D eigenvalue weighted by atomic mass is 15.3. The lowest BCUT2D eigenvalue weighted by Gasteiger charge is -2.26. The molecule has 0 aliphatic rings. The molecule has 0 saturated heterocycles. The maximum atomic E-state index is 3.15. The Morgan fingerprint density at radius 2 is 1.75 bits per heavy atom. The third-order valence-corrected chi connectivity index (χ3v) is 1.90. The average Bonchev–Trinajstić information content (AvgIpc) is 1.95. The van der Waals surface area contributed by atoms with Gasteiger partial charge < -0.3 is 9.80 Å². The fourth-order valence-corrected chi connectivity index (χ4v) is 0.885. The van der Waals surface area contributed by atoms with Crippen LogP contribution in [0.25, 0.3) is 0 Å². The monoisotopic (exact) mass is 174 g/mol. The molecule has 0 aliphatic heterocycles. The number of hydrogen-bond acceptors (Lipinski definition) is 2. The van der Waals surface area contributed by atoms with Crippen molar-refractivity contribution in [3.8, 4) is 0 Å². The van der Waals surface area contributed by atoms with E-state index < -0.39 is 0 Å². The summed E-state index contributed by atoms with van der Waals surface area (Å²) < 4.78 is 1.05. The normalized spacial score (nSPS) is 12.5. The summed E-state index contributed by atoms with van der Waals surface area (Å²) in [4.78, 5) is 2.36. The molecule has 0 saturated carbocycles. The van der Waals surface area contributed by atoms with Crippen molar-refractivity contribution < 1.29 is 4.48 Å². The third-order valence-electron chi connectivity index (χ3n) is 1.90. The van der Waals surface area contributed by atoms with Gasteiger partial charge in [0.15, 0.2) is 0 Å². The molecule has 74 valence electrons. The van der Waals surface area contributed by atoms with Gasteiger partial charge >= 0.3 is 0 Å². The van der Waals surface area contributed by atoms with Crippen LogP contribution in [0.1, 0.15) is 0 Å². The van der Waals surface area contributed by atoms with Gasteiger partial charge in [-0.1, -0.05) is 0 Å². The Balaban J connectivity index is 3.37. The van der Waals surface area contributed by atoms with Gasteiger partial charge in [-0.05, 0) is 14.1 Å². The zero-order chi connectivity index (χ0) is 9.61. The number of nitrogens with one attached hydrogen (secondary N) is 1. The molecule has 0 bridgehead atoms. The first-order valence-corrected chi connectivity index (χ1v) is 4.59. The third kappa shape index (κ3) is 7.98. The number of rotatable bonds is 6. The van der Waals surface area contributed by atoms with Crippen LogP contribution in [0.5, 0.6) is 0 Å². The van der Waals surface area contributed by atoms with E-state index in [4.69, 9.17) is 0 Å². The first-order valence-electron chi connectivity index (χ1n) is 4.59. The van der Waals surface area contributed by atoms with Gasteiger partial charge in [-0.2, -0.15) is 0 Å². The molecule has 0 aliphatic carbocycles. The Bertz CT molecular complexity index is 107. The number of likely N-dealkylation sites (N-methyl/N-ethyl adjacent to an activating group) is 3. The maximum Gasteiger partial charge on any atom is 0.0909 e. The van der Waals surface area contributed by atoms with Gasteiger partial charge in [0.05, 0.1) is 27.7 Å². The van der Waals surface area contributed by atoms with E-state index in [-0.39, 0.29) is 0 Å². The fraction of sp³-hybridized carbons (Fsp3) is 1.00. The van der Waals surface area contributed by atoms with Crippen molar-refractivity contribution in [3.05, 3.63) is 0 Å². The minimum atomic E-state index is 1.05. The van der Waals surface area contributed by atoms with Gasteiger partial charge in [-0.3, -0.25) is 4.90 Å². The summed E-state index contributed by atoms with van der Waals surface area (Å²) in [6.45, 7) is 4.59. The van der Waals surface area contributed by atoms with Crippen LogP contribution in [0.3, 0.4) is 0 Å². The molecule has 0 heterocycles. The Hall–Kier alpha value is -0.120. The molecular weight excluding hydrogens is 150 g/mol. The quantitative estimate of drug-likeness (QED) is 0.563. The second-order valence-electron chi connectivity index (χ2n) is 4.42. The van der Waals surface area contributed by atoms with Crippen molar-refractivity contribution in [3.63, 3.8) is 0 Å². The average molecular weight is 174 g/mol. The van der Waals surface area contributed by atoms with E-state index in [1.54, 1.807) is 0 Å². The van der Waals surface area contributed by atoms with E-state index in [1.807, 2.05) is 7.05 Å². The lowest BCUT2D eigenvalue weighted by atomic mass is 10.4. The first-order chi connectivity index (χ1) is 5.45. The van der Waals surface area contributed by atoms with Crippen molar-refractivity contribution in [1.29, 1.82) is 0 Å².